The lowest BCUT2D eigenvalue weighted by Crippen LogP contribution is -2.31. The number of sulfonamides is 1. The highest BCUT2D eigenvalue weighted by atomic mass is 32.2. The molecule has 1 aliphatic heterocycles. The Labute approximate surface area is 131 Å². The molecule has 21 heavy (non-hydrogen) atoms. The van der Waals surface area contributed by atoms with Crippen LogP contribution in [0.25, 0.3) is 0 Å². The minimum Gasteiger partial charge on any atom is -0.370 e. The van der Waals surface area contributed by atoms with Crippen LogP contribution in [0.4, 0.5) is 5.82 Å². The molecule has 0 bridgehead atoms. The molecule has 0 unspecified atom stereocenters. The van der Waals surface area contributed by atoms with Crippen LogP contribution in [0.2, 0.25) is 0 Å². The minimum absolute atomic E-state index is 0.231. The third kappa shape index (κ3) is 5.16. The lowest BCUT2D eigenvalue weighted by Gasteiger charge is -2.21. The van der Waals surface area contributed by atoms with Crippen molar-refractivity contribution in [3.63, 3.8) is 0 Å². The molecule has 0 aliphatic carbocycles. The van der Waals surface area contributed by atoms with Crippen molar-refractivity contribution in [1.29, 1.82) is 0 Å². The molecule has 118 valence electrons. The standard InChI is InChI=1S/C14H23N3O2S2/c1-2-7-15-14-4-3-13(11-16-14)21(18,19)17-10-12-5-8-20-9-6-12/h3-4,11-12,17H,2,5-10H2,1H3,(H,15,16). The van der Waals surface area contributed by atoms with E-state index in [1.807, 2.05) is 11.8 Å². The van der Waals surface area contributed by atoms with E-state index in [4.69, 9.17) is 0 Å². The number of nitrogens with zero attached hydrogens (tertiary/aromatic N) is 1. The van der Waals surface area contributed by atoms with Crippen LogP contribution in [-0.4, -0.2) is 38.0 Å². The van der Waals surface area contributed by atoms with Crippen LogP contribution >= 0.6 is 11.8 Å². The summed E-state index contributed by atoms with van der Waals surface area (Å²) in [7, 11) is -3.44. The molecule has 2 heterocycles. The molecule has 1 aromatic rings. The highest BCUT2D eigenvalue weighted by Gasteiger charge is 2.19. The molecular weight excluding hydrogens is 306 g/mol. The Bertz CT molecular complexity index is 526. The molecular formula is C14H23N3O2S2. The average molecular weight is 329 g/mol. The first-order valence-corrected chi connectivity index (χ1v) is 10.0. The Balaban J connectivity index is 1.91. The van der Waals surface area contributed by atoms with Crippen LogP contribution in [0.1, 0.15) is 26.2 Å². The highest BCUT2D eigenvalue weighted by Crippen LogP contribution is 2.22. The summed E-state index contributed by atoms with van der Waals surface area (Å²) in [6.07, 6.45) is 4.59. The fourth-order valence-electron chi connectivity index (χ4n) is 2.16. The van der Waals surface area contributed by atoms with Gasteiger partial charge in [0.05, 0.1) is 0 Å². The molecule has 0 spiro atoms. The van der Waals surface area contributed by atoms with Crippen LogP contribution in [0.5, 0.6) is 0 Å². The molecule has 2 rings (SSSR count). The van der Waals surface area contributed by atoms with E-state index in [-0.39, 0.29) is 4.90 Å². The maximum atomic E-state index is 12.2. The first-order chi connectivity index (χ1) is 10.1. The number of anilines is 1. The van der Waals surface area contributed by atoms with E-state index in [2.05, 4.69) is 21.9 Å². The van der Waals surface area contributed by atoms with Crippen molar-refractivity contribution in [3.8, 4) is 0 Å². The number of pyridine rings is 1. The van der Waals surface area contributed by atoms with Crippen LogP contribution < -0.4 is 10.0 Å². The van der Waals surface area contributed by atoms with E-state index in [9.17, 15) is 8.42 Å². The number of rotatable bonds is 7. The Hall–Kier alpha value is -0.790. The zero-order valence-electron chi connectivity index (χ0n) is 12.3. The maximum absolute atomic E-state index is 12.2. The number of nitrogens with one attached hydrogen (secondary N) is 2. The van der Waals surface area contributed by atoms with Crippen LogP contribution in [0.3, 0.4) is 0 Å². The van der Waals surface area contributed by atoms with Gasteiger partial charge in [0.25, 0.3) is 0 Å². The summed E-state index contributed by atoms with van der Waals surface area (Å²) in [5.41, 5.74) is 0. The largest absolute Gasteiger partial charge is 0.370 e. The van der Waals surface area contributed by atoms with Gasteiger partial charge in [-0.2, -0.15) is 11.8 Å². The van der Waals surface area contributed by atoms with Crippen molar-refractivity contribution >= 4 is 27.6 Å². The van der Waals surface area contributed by atoms with Gasteiger partial charge < -0.3 is 5.32 Å². The van der Waals surface area contributed by atoms with E-state index in [1.165, 1.54) is 6.20 Å². The minimum atomic E-state index is -3.44. The quantitative estimate of drug-likeness (QED) is 0.803. The van der Waals surface area contributed by atoms with Crippen molar-refractivity contribution in [3.05, 3.63) is 18.3 Å². The van der Waals surface area contributed by atoms with Gasteiger partial charge in [-0.05, 0) is 48.8 Å². The first-order valence-electron chi connectivity index (χ1n) is 7.39. The van der Waals surface area contributed by atoms with E-state index < -0.39 is 10.0 Å². The molecule has 0 aromatic carbocycles. The predicted octanol–water partition coefficient (Wildman–Crippen LogP) is 2.33. The van der Waals surface area contributed by atoms with Gasteiger partial charge >= 0.3 is 0 Å². The third-order valence-electron chi connectivity index (χ3n) is 3.51. The Morgan fingerprint density at radius 1 is 1.33 bits per heavy atom. The number of hydrogen-bond donors (Lipinski definition) is 2. The molecule has 5 nitrogen and oxygen atoms in total. The lowest BCUT2D eigenvalue weighted by molar-refractivity contribution is 0.476. The monoisotopic (exact) mass is 329 g/mol. The summed E-state index contributed by atoms with van der Waals surface area (Å²) in [6.45, 7) is 3.43. The summed E-state index contributed by atoms with van der Waals surface area (Å²) < 4.78 is 27.2. The number of hydrogen-bond acceptors (Lipinski definition) is 5. The summed E-state index contributed by atoms with van der Waals surface area (Å²) in [5.74, 6) is 3.43. The molecule has 1 saturated heterocycles. The highest BCUT2D eigenvalue weighted by molar-refractivity contribution is 7.99. The molecule has 0 saturated carbocycles. The summed E-state index contributed by atoms with van der Waals surface area (Å²) in [6, 6.07) is 3.31. The van der Waals surface area contributed by atoms with E-state index >= 15 is 0 Å². The Morgan fingerprint density at radius 2 is 2.10 bits per heavy atom. The van der Waals surface area contributed by atoms with Gasteiger partial charge in [0, 0.05) is 19.3 Å². The van der Waals surface area contributed by atoms with E-state index in [0.717, 1.165) is 37.3 Å². The molecule has 1 aromatic heterocycles. The Morgan fingerprint density at radius 3 is 2.71 bits per heavy atom. The van der Waals surface area contributed by atoms with Crippen LogP contribution in [0, 0.1) is 5.92 Å². The number of thioether (sulfide) groups is 1. The molecule has 0 amide bonds. The second-order valence-corrected chi connectivity index (χ2v) is 8.21. The summed E-state index contributed by atoms with van der Waals surface area (Å²) in [4.78, 5) is 4.37. The van der Waals surface area contributed by atoms with Crippen LogP contribution in [0.15, 0.2) is 23.2 Å². The molecule has 0 radical (unpaired) electrons. The van der Waals surface area contributed by atoms with Gasteiger partial charge in [-0.15, -0.1) is 0 Å². The number of aromatic nitrogens is 1. The first kappa shape index (κ1) is 16.6. The van der Waals surface area contributed by atoms with Crippen molar-refractivity contribution in [2.24, 2.45) is 5.92 Å². The fraction of sp³-hybridized carbons (Fsp3) is 0.643. The topological polar surface area (TPSA) is 71.1 Å². The van der Waals surface area contributed by atoms with Crippen molar-refractivity contribution < 1.29 is 8.42 Å². The molecule has 0 atom stereocenters. The SMILES string of the molecule is CCCNc1ccc(S(=O)(=O)NCC2CCSCC2)cn1. The summed E-state index contributed by atoms with van der Waals surface area (Å²) >= 11 is 1.94. The Kier molecular flexibility index (Phi) is 6.32. The van der Waals surface area contributed by atoms with Crippen molar-refractivity contribution in [2.75, 3.05) is 29.9 Å². The zero-order chi connectivity index (χ0) is 15.1. The molecule has 7 heteroatoms. The van der Waals surface area contributed by atoms with E-state index in [0.29, 0.717) is 18.3 Å². The maximum Gasteiger partial charge on any atom is 0.242 e. The molecule has 1 fully saturated rings. The molecule has 2 N–H and O–H groups in total. The fourth-order valence-corrected chi connectivity index (χ4v) is 4.42. The van der Waals surface area contributed by atoms with Gasteiger partial charge in [-0.25, -0.2) is 18.1 Å². The summed E-state index contributed by atoms with van der Waals surface area (Å²) in [5, 5.41) is 3.13. The van der Waals surface area contributed by atoms with Gasteiger partial charge in [0.1, 0.15) is 10.7 Å². The second-order valence-electron chi connectivity index (χ2n) is 5.21. The average Bonchev–Trinajstić information content (AvgIpc) is 2.52. The van der Waals surface area contributed by atoms with Gasteiger partial charge in [0.2, 0.25) is 10.0 Å². The van der Waals surface area contributed by atoms with Gasteiger partial charge in [-0.3, -0.25) is 0 Å². The third-order valence-corrected chi connectivity index (χ3v) is 5.96. The van der Waals surface area contributed by atoms with Crippen molar-refractivity contribution in [1.82, 2.24) is 9.71 Å². The van der Waals surface area contributed by atoms with Crippen molar-refractivity contribution in [2.45, 2.75) is 31.1 Å². The second kappa shape index (κ2) is 8.00. The lowest BCUT2D eigenvalue weighted by atomic mass is 10.0. The molecule has 1 aliphatic rings. The van der Waals surface area contributed by atoms with Gasteiger partial charge in [-0.1, -0.05) is 6.92 Å². The van der Waals surface area contributed by atoms with E-state index in [1.54, 1.807) is 12.1 Å². The normalized spacial score (nSPS) is 16.8. The van der Waals surface area contributed by atoms with Gasteiger partial charge in [0.15, 0.2) is 0 Å². The zero-order valence-corrected chi connectivity index (χ0v) is 14.0. The smallest absolute Gasteiger partial charge is 0.242 e. The van der Waals surface area contributed by atoms with Crippen LogP contribution in [-0.2, 0) is 10.0 Å². The predicted molar refractivity (Wildman–Crippen MR) is 88.3 cm³/mol.